The van der Waals surface area contributed by atoms with Crippen molar-refractivity contribution >= 4 is 17.3 Å². The molecule has 2 aromatic rings. The quantitative estimate of drug-likeness (QED) is 0.162. The molecule has 34 heavy (non-hydrogen) atoms. The van der Waals surface area contributed by atoms with E-state index in [1.165, 1.54) is 7.11 Å². The van der Waals surface area contributed by atoms with Crippen LogP contribution < -0.4 is 5.01 Å². The van der Waals surface area contributed by atoms with E-state index in [0.717, 1.165) is 33.6 Å². The Labute approximate surface area is 205 Å². The van der Waals surface area contributed by atoms with Gasteiger partial charge in [0, 0.05) is 6.20 Å². The van der Waals surface area contributed by atoms with Gasteiger partial charge in [-0.2, -0.15) is 0 Å². The average molecular weight is 464 g/mol. The summed E-state index contributed by atoms with van der Waals surface area (Å²) in [6.45, 7) is 19.1. The fourth-order valence-electron chi connectivity index (χ4n) is 4.03. The zero-order valence-corrected chi connectivity index (χ0v) is 22.5. The van der Waals surface area contributed by atoms with Crippen LogP contribution in [0.15, 0.2) is 58.5 Å². The van der Waals surface area contributed by atoms with Gasteiger partial charge in [-0.15, -0.1) is 5.11 Å². The van der Waals surface area contributed by atoms with Gasteiger partial charge in [0.2, 0.25) is 0 Å². The molecule has 0 spiro atoms. The molecule has 5 heteroatoms. The highest BCUT2D eigenvalue weighted by atomic mass is 16.5. The number of hydrogen-bond acceptors (Lipinski definition) is 4. The van der Waals surface area contributed by atoms with Crippen LogP contribution in [0.25, 0.3) is 0 Å². The molecule has 0 atom stereocenters. The summed E-state index contributed by atoms with van der Waals surface area (Å²) in [5, 5.41) is 11.3. The summed E-state index contributed by atoms with van der Waals surface area (Å²) in [5.41, 5.74) is 6.94. The lowest BCUT2D eigenvalue weighted by molar-refractivity contribution is -0.136. The van der Waals surface area contributed by atoms with Crippen LogP contribution in [0.1, 0.15) is 108 Å². The minimum Gasteiger partial charge on any atom is -0.466 e. The van der Waals surface area contributed by atoms with E-state index in [0.29, 0.717) is 17.4 Å². The molecule has 0 aliphatic carbocycles. The Morgan fingerprint density at radius 2 is 1.21 bits per heavy atom. The van der Waals surface area contributed by atoms with Crippen LogP contribution in [0.5, 0.6) is 0 Å². The monoisotopic (exact) mass is 463 g/mol. The van der Waals surface area contributed by atoms with Gasteiger partial charge >= 0.3 is 5.97 Å². The van der Waals surface area contributed by atoms with Crippen molar-refractivity contribution in [2.75, 3.05) is 12.1 Å². The van der Waals surface area contributed by atoms with E-state index in [9.17, 15) is 4.79 Å². The Balaban J connectivity index is 2.82. The first-order valence-corrected chi connectivity index (χ1v) is 12.2. The van der Waals surface area contributed by atoms with Gasteiger partial charge in [0.25, 0.3) is 0 Å². The van der Waals surface area contributed by atoms with Crippen molar-refractivity contribution in [2.45, 2.75) is 86.0 Å². The molecule has 0 aromatic heterocycles. The number of methoxy groups -OCH3 is 1. The van der Waals surface area contributed by atoms with Crippen molar-refractivity contribution in [1.29, 1.82) is 0 Å². The maximum absolute atomic E-state index is 12.3. The zero-order valence-electron chi connectivity index (χ0n) is 22.5. The second-order valence-corrected chi connectivity index (χ2v) is 10.0. The number of carbonyl (C=O) groups is 1. The maximum Gasteiger partial charge on any atom is 0.334 e. The van der Waals surface area contributed by atoms with E-state index in [2.05, 4.69) is 91.8 Å². The van der Waals surface area contributed by atoms with Crippen molar-refractivity contribution in [3.63, 3.8) is 0 Å². The number of para-hydroxylation sites is 1. The molecule has 0 saturated heterocycles. The highest BCUT2D eigenvalue weighted by Gasteiger charge is 2.21. The molecule has 5 nitrogen and oxygen atoms in total. The molecule has 0 aliphatic rings. The van der Waals surface area contributed by atoms with Crippen LogP contribution in [0.2, 0.25) is 0 Å². The molecule has 184 valence electrons. The highest BCUT2D eigenvalue weighted by molar-refractivity contribution is 5.88. The number of anilines is 1. The lowest BCUT2D eigenvalue weighted by Crippen LogP contribution is -2.16. The average Bonchev–Trinajstić information content (AvgIpc) is 2.79. The van der Waals surface area contributed by atoms with Crippen molar-refractivity contribution in [3.05, 3.63) is 70.4 Å². The standard InChI is InChI=1S/C29H41N3O2/c1-18(2)23-13-11-14-24(19(3)4)27(23)30-31-32(17-22(9)29(33)34-10)28-25(20(5)6)15-12-16-26(28)21(7)8/h11-21H,1-10H3/b22-17+,31-30?. The van der Waals surface area contributed by atoms with E-state index < -0.39 is 5.97 Å². The summed E-state index contributed by atoms with van der Waals surface area (Å²) in [4.78, 5) is 12.3. The molecule has 0 fully saturated rings. The van der Waals surface area contributed by atoms with E-state index >= 15 is 0 Å². The first kappa shape index (κ1) is 27.3. The second kappa shape index (κ2) is 12.0. The molecule has 0 aliphatic heterocycles. The summed E-state index contributed by atoms with van der Waals surface area (Å²) in [5.74, 6) is 0.767. The third-order valence-corrected chi connectivity index (χ3v) is 5.98. The lowest BCUT2D eigenvalue weighted by Gasteiger charge is -2.25. The predicted molar refractivity (Wildman–Crippen MR) is 142 cm³/mol. The fourth-order valence-corrected chi connectivity index (χ4v) is 4.03. The number of rotatable bonds is 9. The normalized spacial score (nSPS) is 12.5. The van der Waals surface area contributed by atoms with Crippen molar-refractivity contribution in [2.24, 2.45) is 10.3 Å². The van der Waals surface area contributed by atoms with Gasteiger partial charge in [-0.3, -0.25) is 0 Å². The predicted octanol–water partition coefficient (Wildman–Crippen LogP) is 8.76. The Hall–Kier alpha value is -2.95. The number of ether oxygens (including phenoxy) is 1. The number of hydrogen-bond donors (Lipinski definition) is 0. The molecule has 0 bridgehead atoms. The molecule has 0 amide bonds. The van der Waals surface area contributed by atoms with Gasteiger partial charge < -0.3 is 4.74 Å². The molecule has 0 N–H and O–H groups in total. The van der Waals surface area contributed by atoms with Crippen LogP contribution >= 0.6 is 0 Å². The van der Waals surface area contributed by atoms with Gasteiger partial charge in [-0.1, -0.05) is 97.0 Å². The molecule has 0 unspecified atom stereocenters. The topological polar surface area (TPSA) is 54.3 Å². The van der Waals surface area contributed by atoms with Crippen LogP contribution in [-0.2, 0) is 9.53 Å². The smallest absolute Gasteiger partial charge is 0.334 e. The number of carbonyl (C=O) groups excluding carboxylic acids is 1. The SMILES string of the molecule is COC(=O)/C(C)=C/N(N=Nc1c(C(C)C)cccc1C(C)C)c1c(C(C)C)cccc1C(C)C. The Morgan fingerprint density at radius 3 is 1.59 bits per heavy atom. The van der Waals surface area contributed by atoms with Crippen LogP contribution in [0.3, 0.4) is 0 Å². The van der Waals surface area contributed by atoms with Gasteiger partial charge in [0.05, 0.1) is 24.1 Å². The minimum absolute atomic E-state index is 0.271. The fraction of sp³-hybridized carbons (Fsp3) is 0.483. The first-order chi connectivity index (χ1) is 16.0. The second-order valence-electron chi connectivity index (χ2n) is 10.0. The number of nitrogens with zero attached hydrogens (tertiary/aromatic N) is 3. The Morgan fingerprint density at radius 1 is 0.794 bits per heavy atom. The molecule has 2 rings (SSSR count). The zero-order chi connectivity index (χ0) is 25.6. The summed E-state index contributed by atoms with van der Waals surface area (Å²) in [7, 11) is 1.39. The lowest BCUT2D eigenvalue weighted by atomic mass is 9.92. The first-order valence-electron chi connectivity index (χ1n) is 12.2. The molecular formula is C29H41N3O2. The van der Waals surface area contributed by atoms with Crippen molar-refractivity contribution in [1.82, 2.24) is 0 Å². The van der Waals surface area contributed by atoms with Gasteiger partial charge in [0.15, 0.2) is 0 Å². The highest BCUT2D eigenvalue weighted by Crippen LogP contribution is 2.38. The van der Waals surface area contributed by atoms with Gasteiger partial charge in [-0.25, -0.2) is 9.80 Å². The van der Waals surface area contributed by atoms with Crippen molar-refractivity contribution in [3.8, 4) is 0 Å². The van der Waals surface area contributed by atoms with E-state index in [1.807, 2.05) is 0 Å². The molecule has 0 saturated carbocycles. The van der Waals surface area contributed by atoms with E-state index in [1.54, 1.807) is 18.1 Å². The summed E-state index contributed by atoms with van der Waals surface area (Å²) < 4.78 is 4.96. The van der Waals surface area contributed by atoms with E-state index in [4.69, 9.17) is 15.1 Å². The maximum atomic E-state index is 12.3. The molecular weight excluding hydrogens is 422 g/mol. The summed E-state index contributed by atoms with van der Waals surface area (Å²) >= 11 is 0. The Kier molecular flexibility index (Phi) is 9.60. The van der Waals surface area contributed by atoms with Crippen LogP contribution in [0, 0.1) is 0 Å². The summed E-state index contributed by atoms with van der Waals surface area (Å²) in [6.07, 6.45) is 1.73. The summed E-state index contributed by atoms with van der Waals surface area (Å²) in [6, 6.07) is 12.7. The third-order valence-electron chi connectivity index (χ3n) is 5.98. The van der Waals surface area contributed by atoms with E-state index in [-0.39, 0.29) is 11.8 Å². The molecule has 2 aromatic carbocycles. The third kappa shape index (κ3) is 6.34. The van der Waals surface area contributed by atoms with Crippen molar-refractivity contribution < 1.29 is 9.53 Å². The number of benzene rings is 2. The minimum atomic E-state index is -0.390. The Bertz CT molecular complexity index is 997. The van der Waals surface area contributed by atoms with Gasteiger partial charge in [-0.05, 0) is 52.8 Å². The molecule has 0 heterocycles. The van der Waals surface area contributed by atoms with Crippen LogP contribution in [-0.4, -0.2) is 13.1 Å². The molecule has 0 radical (unpaired) electrons. The number of esters is 1. The largest absolute Gasteiger partial charge is 0.466 e. The van der Waals surface area contributed by atoms with Gasteiger partial charge in [0.1, 0.15) is 0 Å². The van der Waals surface area contributed by atoms with Crippen LogP contribution in [0.4, 0.5) is 11.4 Å².